The minimum atomic E-state index is -0.913. The molecule has 0 spiro atoms. The zero-order valence-corrected chi connectivity index (χ0v) is 16.6. The summed E-state index contributed by atoms with van der Waals surface area (Å²) >= 11 is 0. The van der Waals surface area contributed by atoms with Gasteiger partial charge in [-0.3, -0.25) is 14.3 Å². The molecule has 8 nitrogen and oxygen atoms in total. The van der Waals surface area contributed by atoms with Crippen LogP contribution in [0, 0.1) is 24.6 Å². The van der Waals surface area contributed by atoms with Crippen LogP contribution in [-0.2, 0) is 0 Å². The van der Waals surface area contributed by atoms with Crippen molar-refractivity contribution in [3.05, 3.63) is 44.4 Å². The molecule has 5 N–H and O–H groups in total. The molecule has 2 fully saturated rings. The molecule has 1 aromatic carbocycles. The lowest BCUT2D eigenvalue weighted by Crippen LogP contribution is -2.36. The number of nitrogen functional groups attached to an aromatic ring is 1. The Hall–Kier alpha value is -2.65. The fourth-order valence-electron chi connectivity index (χ4n) is 5.16. The predicted octanol–water partition coefficient (Wildman–Crippen LogP) is 0.789. The Labute approximate surface area is 171 Å². The molecular formula is C21H25FN4O4. The first-order valence-electron chi connectivity index (χ1n) is 10.3. The summed E-state index contributed by atoms with van der Waals surface area (Å²) in [6.07, 6.45) is 4.06. The van der Waals surface area contributed by atoms with Gasteiger partial charge in [0.2, 0.25) is 0 Å². The normalized spacial score (nSPS) is 28.7. The van der Waals surface area contributed by atoms with E-state index in [0.29, 0.717) is 30.6 Å². The summed E-state index contributed by atoms with van der Waals surface area (Å²) < 4.78 is 17.0. The van der Waals surface area contributed by atoms with E-state index < -0.39 is 29.3 Å². The molecule has 2 aliphatic carbocycles. The van der Waals surface area contributed by atoms with Crippen molar-refractivity contribution in [1.29, 1.82) is 0 Å². The quantitative estimate of drug-likeness (QED) is 0.424. The highest BCUT2D eigenvalue weighted by Gasteiger charge is 2.42. The molecule has 160 valence electrons. The first kappa shape index (κ1) is 19.3. The lowest BCUT2D eigenvalue weighted by Gasteiger charge is -2.26. The number of benzene rings is 1. The van der Waals surface area contributed by atoms with Gasteiger partial charge in [0, 0.05) is 36.5 Å². The van der Waals surface area contributed by atoms with Gasteiger partial charge in [-0.1, -0.05) is 12.2 Å². The van der Waals surface area contributed by atoms with Crippen LogP contribution in [-0.4, -0.2) is 45.1 Å². The molecular weight excluding hydrogens is 391 g/mol. The minimum absolute atomic E-state index is 0.00372. The Morgan fingerprint density at radius 2 is 1.97 bits per heavy atom. The number of hydrogen-bond donors (Lipinski definition) is 4. The molecule has 2 aromatic rings. The van der Waals surface area contributed by atoms with Gasteiger partial charge >= 0.3 is 5.69 Å². The lowest BCUT2D eigenvalue weighted by atomic mass is 9.90. The van der Waals surface area contributed by atoms with E-state index in [1.165, 1.54) is 4.57 Å². The van der Waals surface area contributed by atoms with Crippen molar-refractivity contribution in [1.82, 2.24) is 9.55 Å². The number of aliphatic hydroxyl groups excluding tert-OH is 2. The number of nitrogens with zero attached hydrogens (tertiary/aromatic N) is 2. The van der Waals surface area contributed by atoms with E-state index in [0.717, 1.165) is 12.8 Å². The summed E-state index contributed by atoms with van der Waals surface area (Å²) in [5.74, 6) is -0.987. The topological polar surface area (TPSA) is 125 Å². The lowest BCUT2D eigenvalue weighted by molar-refractivity contribution is -0.0135. The Morgan fingerprint density at radius 3 is 2.67 bits per heavy atom. The minimum Gasteiger partial charge on any atom is -0.396 e. The van der Waals surface area contributed by atoms with Gasteiger partial charge in [-0.15, -0.1) is 0 Å². The van der Waals surface area contributed by atoms with Crippen molar-refractivity contribution in [2.75, 3.05) is 23.7 Å². The molecule has 1 aromatic heterocycles. The number of rotatable bonds is 2. The zero-order chi connectivity index (χ0) is 21.3. The molecule has 1 saturated carbocycles. The van der Waals surface area contributed by atoms with Crippen LogP contribution in [0.1, 0.15) is 30.9 Å². The van der Waals surface area contributed by atoms with E-state index in [-0.39, 0.29) is 34.6 Å². The summed E-state index contributed by atoms with van der Waals surface area (Å²) in [5.41, 5.74) is 5.72. The molecule has 4 atom stereocenters. The number of aromatic nitrogens is 2. The van der Waals surface area contributed by atoms with Crippen LogP contribution in [0.5, 0.6) is 0 Å². The summed E-state index contributed by atoms with van der Waals surface area (Å²) in [5, 5.41) is 20.7. The molecule has 0 radical (unpaired) electrons. The largest absolute Gasteiger partial charge is 0.396 e. The summed E-state index contributed by atoms with van der Waals surface area (Å²) in [7, 11) is 0. The van der Waals surface area contributed by atoms with Gasteiger partial charge in [-0.25, -0.2) is 9.18 Å². The first-order valence-corrected chi connectivity index (χ1v) is 10.3. The standard InChI is InChI=1S/C21H25FN4O4/c1-9-17-14(20(29)24-21(30)26(17)11-5-6-11)16(23)15(22)18(9)25-7-10-3-2-4-13(27)19(28)12(10)8-25/h2-3,10-13,19,27-28H,4-8,23H2,1H3,(H,24,29,30). The molecule has 0 bridgehead atoms. The Kier molecular flexibility index (Phi) is 4.30. The van der Waals surface area contributed by atoms with Crippen LogP contribution in [0.3, 0.4) is 0 Å². The van der Waals surface area contributed by atoms with E-state index in [9.17, 15) is 19.8 Å². The molecule has 4 unspecified atom stereocenters. The number of hydrogen-bond acceptors (Lipinski definition) is 6. The number of anilines is 2. The highest BCUT2D eigenvalue weighted by atomic mass is 19.1. The fraction of sp³-hybridized carbons (Fsp3) is 0.524. The second kappa shape index (κ2) is 6.68. The predicted molar refractivity (Wildman–Crippen MR) is 111 cm³/mol. The maximum atomic E-state index is 15.5. The zero-order valence-electron chi connectivity index (χ0n) is 16.6. The van der Waals surface area contributed by atoms with Crippen LogP contribution in [0.2, 0.25) is 0 Å². The molecule has 1 saturated heterocycles. The van der Waals surface area contributed by atoms with Crippen LogP contribution >= 0.6 is 0 Å². The summed E-state index contributed by atoms with van der Waals surface area (Å²) in [6.45, 7) is 2.49. The average Bonchev–Trinajstić information content (AvgIpc) is 3.46. The van der Waals surface area contributed by atoms with Crippen LogP contribution in [0.15, 0.2) is 21.7 Å². The van der Waals surface area contributed by atoms with E-state index >= 15 is 4.39 Å². The summed E-state index contributed by atoms with van der Waals surface area (Å²) in [6, 6.07) is -0.0298. The van der Waals surface area contributed by atoms with Crippen molar-refractivity contribution in [2.45, 2.75) is 44.4 Å². The van der Waals surface area contributed by atoms with E-state index in [1.54, 1.807) is 6.92 Å². The first-order chi connectivity index (χ1) is 14.3. The third-order valence-electron chi connectivity index (χ3n) is 6.80. The van der Waals surface area contributed by atoms with Crippen LogP contribution in [0.25, 0.3) is 10.9 Å². The average molecular weight is 416 g/mol. The number of aliphatic hydroxyl groups is 2. The number of H-pyrrole nitrogens is 1. The molecule has 5 rings (SSSR count). The second-order valence-corrected chi connectivity index (χ2v) is 8.74. The second-order valence-electron chi connectivity index (χ2n) is 8.74. The molecule has 9 heteroatoms. The highest BCUT2D eigenvalue weighted by molar-refractivity contribution is 5.97. The third-order valence-corrected chi connectivity index (χ3v) is 6.80. The van der Waals surface area contributed by atoms with Crippen LogP contribution in [0.4, 0.5) is 15.8 Å². The van der Waals surface area contributed by atoms with Gasteiger partial charge in [-0.05, 0) is 26.2 Å². The molecule has 3 aliphatic rings. The Balaban J connectivity index is 1.70. The van der Waals surface area contributed by atoms with Crippen LogP contribution < -0.4 is 21.9 Å². The van der Waals surface area contributed by atoms with Crippen molar-refractivity contribution >= 4 is 22.3 Å². The van der Waals surface area contributed by atoms with E-state index in [1.807, 2.05) is 17.1 Å². The molecule has 0 amide bonds. The number of aryl methyl sites for hydroxylation is 1. The Morgan fingerprint density at radius 1 is 1.23 bits per heavy atom. The highest BCUT2D eigenvalue weighted by Crippen LogP contribution is 2.43. The fourth-order valence-corrected chi connectivity index (χ4v) is 5.16. The number of nitrogens with one attached hydrogen (secondary N) is 1. The number of halogens is 1. The van der Waals surface area contributed by atoms with E-state index in [4.69, 9.17) is 5.73 Å². The van der Waals surface area contributed by atoms with Gasteiger partial charge in [0.05, 0.1) is 34.5 Å². The third kappa shape index (κ3) is 2.72. The smallest absolute Gasteiger partial charge is 0.329 e. The maximum absolute atomic E-state index is 15.5. The van der Waals surface area contributed by atoms with Crippen molar-refractivity contribution in [3.63, 3.8) is 0 Å². The van der Waals surface area contributed by atoms with Gasteiger partial charge < -0.3 is 20.8 Å². The van der Waals surface area contributed by atoms with Gasteiger partial charge in [0.25, 0.3) is 5.56 Å². The van der Waals surface area contributed by atoms with Crippen molar-refractivity contribution in [2.24, 2.45) is 11.8 Å². The van der Waals surface area contributed by atoms with Crippen molar-refractivity contribution < 1.29 is 14.6 Å². The van der Waals surface area contributed by atoms with E-state index in [2.05, 4.69) is 4.98 Å². The molecule has 2 heterocycles. The SMILES string of the molecule is Cc1c(N2CC3C=CCC(O)C(O)C3C2)c(F)c(N)c2c(=O)[nH]c(=O)n(C3CC3)c12. The number of fused-ring (bicyclic) bond motifs is 2. The Bertz CT molecular complexity index is 1180. The maximum Gasteiger partial charge on any atom is 0.329 e. The monoisotopic (exact) mass is 416 g/mol. The van der Waals surface area contributed by atoms with Gasteiger partial charge in [0.15, 0.2) is 5.82 Å². The van der Waals surface area contributed by atoms with Crippen molar-refractivity contribution in [3.8, 4) is 0 Å². The number of nitrogens with two attached hydrogens (primary N) is 1. The van der Waals surface area contributed by atoms with Gasteiger partial charge in [-0.2, -0.15) is 0 Å². The van der Waals surface area contributed by atoms with Gasteiger partial charge in [0.1, 0.15) is 0 Å². The molecule has 30 heavy (non-hydrogen) atoms. The summed E-state index contributed by atoms with van der Waals surface area (Å²) in [4.78, 5) is 29.1. The number of aromatic amines is 1. The molecule has 1 aliphatic heterocycles.